The fraction of sp³-hybridized carbons (Fsp3) is 0.226. The molecule has 1 saturated heterocycles. The molecular formula is C31H31F2N5S. The molecular weight excluding hydrogens is 512 g/mol. The number of aromatic nitrogens is 4. The van der Waals surface area contributed by atoms with Crippen molar-refractivity contribution in [3.63, 3.8) is 0 Å². The summed E-state index contributed by atoms with van der Waals surface area (Å²) in [7, 11) is 0. The number of likely N-dealkylation sites (tertiary alicyclic amines) is 1. The molecule has 0 aliphatic carbocycles. The number of H-pyrrole nitrogens is 2. The van der Waals surface area contributed by atoms with Crippen molar-refractivity contribution in [2.45, 2.75) is 26.2 Å². The molecule has 5 heterocycles. The lowest BCUT2D eigenvalue weighted by molar-refractivity contribution is 0.0131. The lowest BCUT2D eigenvalue weighted by Crippen LogP contribution is -2.26. The molecule has 8 heteroatoms. The Kier molecular flexibility index (Phi) is 7.59. The zero-order valence-electron chi connectivity index (χ0n) is 22.1. The number of allylic oxidation sites excluding steroid dienone is 4. The van der Waals surface area contributed by atoms with Crippen molar-refractivity contribution < 1.29 is 8.78 Å². The van der Waals surface area contributed by atoms with Crippen molar-refractivity contribution in [2.24, 2.45) is 0 Å². The van der Waals surface area contributed by atoms with Crippen LogP contribution in [0, 0.1) is 0 Å². The number of halogens is 2. The molecule has 2 N–H and O–H groups in total. The molecule has 5 nitrogen and oxygen atoms in total. The van der Waals surface area contributed by atoms with E-state index in [0.717, 1.165) is 55.3 Å². The van der Waals surface area contributed by atoms with Gasteiger partial charge in [-0.05, 0) is 60.2 Å². The summed E-state index contributed by atoms with van der Waals surface area (Å²) in [4.78, 5) is 10.9. The number of pyridine rings is 1. The van der Waals surface area contributed by atoms with Gasteiger partial charge in [0.15, 0.2) is 0 Å². The average molecular weight is 544 g/mol. The van der Waals surface area contributed by atoms with Crippen molar-refractivity contribution in [3.05, 3.63) is 94.5 Å². The second kappa shape index (κ2) is 11.1. The van der Waals surface area contributed by atoms with Gasteiger partial charge in [0, 0.05) is 46.8 Å². The van der Waals surface area contributed by atoms with Crippen LogP contribution in [0.1, 0.15) is 20.3 Å². The summed E-state index contributed by atoms with van der Waals surface area (Å²) >= 11 is 1.69. The molecule has 0 amide bonds. The van der Waals surface area contributed by atoms with E-state index in [0.29, 0.717) is 13.1 Å². The molecule has 0 aromatic carbocycles. The van der Waals surface area contributed by atoms with Crippen LogP contribution >= 0.6 is 11.3 Å². The number of alkyl halides is 2. The van der Waals surface area contributed by atoms with E-state index < -0.39 is 5.92 Å². The number of hydrogen-bond acceptors (Lipinski definition) is 4. The SMILES string of the molecule is C=C/C(=C\C(=C/C)C(=C)/C=c1/c(-c2cc3c(-c4cccs4)ccnc3[nH]2)n[nH]/c1=C/C)CN1CCC(F)(F)C1. The van der Waals surface area contributed by atoms with Gasteiger partial charge in [0.25, 0.3) is 5.92 Å². The molecule has 1 fully saturated rings. The number of rotatable bonds is 8. The Hall–Kier alpha value is -3.88. The van der Waals surface area contributed by atoms with Crippen LogP contribution in [0.25, 0.3) is 45.0 Å². The van der Waals surface area contributed by atoms with Gasteiger partial charge in [-0.3, -0.25) is 10.00 Å². The summed E-state index contributed by atoms with van der Waals surface area (Å²) in [6, 6.07) is 8.26. The fourth-order valence-corrected chi connectivity index (χ4v) is 5.69. The Morgan fingerprint density at radius 3 is 2.79 bits per heavy atom. The molecule has 0 spiro atoms. The van der Waals surface area contributed by atoms with E-state index >= 15 is 0 Å². The van der Waals surface area contributed by atoms with E-state index in [4.69, 9.17) is 0 Å². The number of fused-ring (bicyclic) bond motifs is 1. The van der Waals surface area contributed by atoms with Crippen LogP contribution in [-0.2, 0) is 0 Å². The van der Waals surface area contributed by atoms with Crippen LogP contribution in [-0.4, -0.2) is 50.6 Å². The highest BCUT2D eigenvalue weighted by Crippen LogP contribution is 2.33. The van der Waals surface area contributed by atoms with E-state index in [1.54, 1.807) is 22.3 Å². The van der Waals surface area contributed by atoms with E-state index in [-0.39, 0.29) is 13.0 Å². The Bertz CT molecular complexity index is 1700. The predicted octanol–water partition coefficient (Wildman–Crippen LogP) is 6.22. The molecule has 0 saturated carbocycles. The molecule has 0 radical (unpaired) electrons. The van der Waals surface area contributed by atoms with E-state index in [2.05, 4.69) is 50.8 Å². The number of hydrogen-bond donors (Lipinski definition) is 2. The van der Waals surface area contributed by atoms with Gasteiger partial charge in [0.2, 0.25) is 0 Å². The van der Waals surface area contributed by atoms with Crippen LogP contribution in [0.15, 0.2) is 83.9 Å². The molecule has 5 rings (SSSR count). The van der Waals surface area contributed by atoms with Gasteiger partial charge in [-0.1, -0.05) is 43.5 Å². The first kappa shape index (κ1) is 26.7. The highest BCUT2D eigenvalue weighted by molar-refractivity contribution is 7.13. The van der Waals surface area contributed by atoms with Crippen molar-refractivity contribution in [1.82, 2.24) is 25.1 Å². The van der Waals surface area contributed by atoms with Gasteiger partial charge in [0.1, 0.15) is 11.3 Å². The minimum absolute atomic E-state index is 0.105. The molecule has 0 unspecified atom stereocenters. The first-order valence-electron chi connectivity index (χ1n) is 12.8. The monoisotopic (exact) mass is 543 g/mol. The molecule has 1 aliphatic heterocycles. The third-order valence-electron chi connectivity index (χ3n) is 6.95. The largest absolute Gasteiger partial charge is 0.338 e. The topological polar surface area (TPSA) is 60.6 Å². The van der Waals surface area contributed by atoms with Crippen molar-refractivity contribution >= 4 is 34.5 Å². The number of thiophene rings is 1. The second-order valence-corrected chi connectivity index (χ2v) is 10.6. The maximum absolute atomic E-state index is 13.7. The Balaban J connectivity index is 1.50. The zero-order chi connectivity index (χ0) is 27.6. The standard InChI is InChI=1S/C31H31F2N5S/c1-5-21(18-38-13-11-31(32,33)19-38)16-22(6-2)20(4)15-25-26(7-3)36-37-29(25)27-17-24-23(28-9-8-14-39-28)10-12-34-30(24)35-27/h5-10,12,14-17,36H,1,4,11,13,18-19H2,2-3H3,(H,34,35)/b21-16+,22-6+,25-15+,26-7+. The lowest BCUT2D eigenvalue weighted by Gasteiger charge is -2.16. The molecule has 39 heavy (non-hydrogen) atoms. The van der Waals surface area contributed by atoms with E-state index in [9.17, 15) is 8.78 Å². The van der Waals surface area contributed by atoms with Gasteiger partial charge in [-0.25, -0.2) is 13.8 Å². The number of nitrogens with one attached hydrogen (secondary N) is 2. The van der Waals surface area contributed by atoms with Crippen LogP contribution in [0.4, 0.5) is 8.78 Å². The highest BCUT2D eigenvalue weighted by atomic mass is 32.1. The van der Waals surface area contributed by atoms with Crippen LogP contribution in [0.5, 0.6) is 0 Å². The summed E-state index contributed by atoms with van der Waals surface area (Å²) in [5.41, 5.74) is 6.08. The molecule has 4 aromatic rings. The molecule has 4 aromatic heterocycles. The zero-order valence-corrected chi connectivity index (χ0v) is 22.9. The van der Waals surface area contributed by atoms with Gasteiger partial charge < -0.3 is 4.98 Å². The first-order chi connectivity index (χ1) is 18.8. The summed E-state index contributed by atoms with van der Waals surface area (Å²) in [6.45, 7) is 12.7. The van der Waals surface area contributed by atoms with Gasteiger partial charge in [0.05, 0.1) is 17.6 Å². The molecule has 0 atom stereocenters. The first-order valence-corrected chi connectivity index (χ1v) is 13.7. The van der Waals surface area contributed by atoms with Crippen LogP contribution < -0.4 is 10.6 Å². The van der Waals surface area contributed by atoms with E-state index in [1.807, 2.05) is 56.5 Å². The van der Waals surface area contributed by atoms with Gasteiger partial charge >= 0.3 is 0 Å². The van der Waals surface area contributed by atoms with Gasteiger partial charge in [-0.2, -0.15) is 5.10 Å². The van der Waals surface area contributed by atoms with Crippen molar-refractivity contribution in [1.29, 1.82) is 0 Å². The summed E-state index contributed by atoms with van der Waals surface area (Å²) in [6.07, 6.45) is 11.4. The smallest absolute Gasteiger partial charge is 0.261 e. The fourth-order valence-electron chi connectivity index (χ4n) is 4.92. The lowest BCUT2D eigenvalue weighted by atomic mass is 10.0. The quantitative estimate of drug-likeness (QED) is 0.260. The van der Waals surface area contributed by atoms with Crippen molar-refractivity contribution in [2.75, 3.05) is 19.6 Å². The predicted molar refractivity (Wildman–Crippen MR) is 158 cm³/mol. The summed E-state index contributed by atoms with van der Waals surface area (Å²) in [5, 5.41) is 12.6. The maximum Gasteiger partial charge on any atom is 0.261 e. The summed E-state index contributed by atoms with van der Waals surface area (Å²) in [5.74, 6) is -2.62. The molecule has 200 valence electrons. The maximum atomic E-state index is 13.7. The van der Waals surface area contributed by atoms with Gasteiger partial charge in [-0.15, -0.1) is 11.3 Å². The van der Waals surface area contributed by atoms with Crippen LogP contribution in [0.2, 0.25) is 0 Å². The number of aromatic amines is 2. The highest BCUT2D eigenvalue weighted by Gasteiger charge is 2.37. The number of nitrogens with zero attached hydrogens (tertiary/aromatic N) is 3. The third kappa shape index (κ3) is 5.62. The minimum Gasteiger partial charge on any atom is -0.338 e. The Morgan fingerprint density at radius 1 is 1.28 bits per heavy atom. The normalized spacial score (nSPS) is 17.4. The Labute approximate surface area is 230 Å². The third-order valence-corrected chi connectivity index (χ3v) is 7.86. The molecule has 0 bridgehead atoms. The van der Waals surface area contributed by atoms with E-state index in [1.165, 1.54) is 4.88 Å². The Morgan fingerprint density at radius 2 is 2.13 bits per heavy atom. The minimum atomic E-state index is -2.62. The van der Waals surface area contributed by atoms with Crippen molar-refractivity contribution in [3.8, 4) is 21.8 Å². The second-order valence-electron chi connectivity index (χ2n) is 9.62. The summed E-state index contributed by atoms with van der Waals surface area (Å²) < 4.78 is 27.4. The molecule has 1 aliphatic rings. The van der Waals surface area contributed by atoms with Crippen LogP contribution in [0.3, 0.4) is 0 Å². The average Bonchev–Trinajstić information content (AvgIpc) is 3.72.